The third-order valence-corrected chi connectivity index (χ3v) is 8.38. The molecule has 214 valence electrons. The fourth-order valence-corrected chi connectivity index (χ4v) is 5.87. The van der Waals surface area contributed by atoms with Crippen LogP contribution in [0.3, 0.4) is 0 Å². The van der Waals surface area contributed by atoms with Crippen molar-refractivity contribution in [2.75, 3.05) is 30.4 Å². The summed E-state index contributed by atoms with van der Waals surface area (Å²) in [5.41, 5.74) is 1.47. The first-order valence-electron chi connectivity index (χ1n) is 12.2. The summed E-state index contributed by atoms with van der Waals surface area (Å²) in [7, 11) is -1.23. The van der Waals surface area contributed by atoms with Gasteiger partial charge in [0, 0.05) is 42.1 Å². The number of halogens is 1. The van der Waals surface area contributed by atoms with Crippen molar-refractivity contribution in [1.29, 1.82) is 0 Å². The number of allylic oxidation sites excluding steroid dienone is 1. The first kappa shape index (κ1) is 29.6. The van der Waals surface area contributed by atoms with Gasteiger partial charge >= 0.3 is 5.97 Å². The molecule has 0 aliphatic carbocycles. The first-order valence-corrected chi connectivity index (χ1v) is 14.0. The number of nitrogens with zero attached hydrogens (tertiary/aromatic N) is 2. The van der Waals surface area contributed by atoms with E-state index in [-0.39, 0.29) is 32.6 Å². The van der Waals surface area contributed by atoms with Crippen LogP contribution in [-0.4, -0.2) is 45.9 Å². The predicted octanol–water partition coefficient (Wildman–Crippen LogP) is 5.10. The van der Waals surface area contributed by atoms with E-state index in [1.165, 1.54) is 25.3 Å². The number of rotatable bonds is 9. The Hall–Kier alpha value is -4.42. The molecule has 4 rings (SSSR count). The fourth-order valence-electron chi connectivity index (χ4n) is 4.59. The van der Waals surface area contributed by atoms with Crippen LogP contribution in [0.2, 0.25) is 5.02 Å². The summed E-state index contributed by atoms with van der Waals surface area (Å²) in [6, 6.07) is 14.5. The number of para-hydroxylation sites is 1. The molecule has 0 saturated heterocycles. The van der Waals surface area contributed by atoms with Crippen molar-refractivity contribution in [2.45, 2.75) is 24.2 Å². The molecule has 0 bridgehead atoms. The normalized spacial score (nSPS) is 14.9. The number of benzene rings is 3. The highest BCUT2D eigenvalue weighted by atomic mass is 35.5. The van der Waals surface area contributed by atoms with E-state index >= 15 is 0 Å². The number of ether oxygens (including phenoxy) is 2. The number of anilines is 2. The molecular formula is C28H26ClN3O8S. The van der Waals surface area contributed by atoms with Gasteiger partial charge < -0.3 is 14.4 Å². The SMILES string of the molecule is COc1ccc([N+](=O)[O-])cc1NS(=O)(=O)c1ccc(Cl)c(C(=O)OCC(=O)C=C2N(C)c3ccccc3C2(C)C)c1. The number of sulfonamides is 1. The number of carbonyl (C=O) groups is 2. The molecule has 0 aromatic heterocycles. The Bertz CT molecular complexity index is 1700. The van der Waals surface area contributed by atoms with E-state index in [4.69, 9.17) is 21.1 Å². The van der Waals surface area contributed by atoms with Crippen molar-refractivity contribution in [3.05, 3.63) is 98.7 Å². The predicted molar refractivity (Wildman–Crippen MR) is 153 cm³/mol. The third kappa shape index (κ3) is 5.88. The quantitative estimate of drug-likeness (QED) is 0.154. The Balaban J connectivity index is 1.52. The van der Waals surface area contributed by atoms with Gasteiger partial charge in [0.1, 0.15) is 5.75 Å². The van der Waals surface area contributed by atoms with E-state index in [9.17, 15) is 28.1 Å². The van der Waals surface area contributed by atoms with Gasteiger partial charge in [-0.05, 0) is 35.9 Å². The van der Waals surface area contributed by atoms with Gasteiger partial charge in [0.25, 0.3) is 15.7 Å². The van der Waals surface area contributed by atoms with Crippen LogP contribution in [0.4, 0.5) is 17.1 Å². The molecule has 0 radical (unpaired) electrons. The molecule has 0 atom stereocenters. The Labute approximate surface area is 241 Å². The highest BCUT2D eigenvalue weighted by Gasteiger charge is 2.38. The van der Waals surface area contributed by atoms with E-state index < -0.39 is 38.7 Å². The summed E-state index contributed by atoms with van der Waals surface area (Å²) in [4.78, 5) is 37.6. The Morgan fingerprint density at radius 2 is 1.83 bits per heavy atom. The Kier molecular flexibility index (Phi) is 8.09. The molecule has 41 heavy (non-hydrogen) atoms. The van der Waals surface area contributed by atoms with Crippen LogP contribution in [0.1, 0.15) is 29.8 Å². The summed E-state index contributed by atoms with van der Waals surface area (Å²) in [5, 5.41) is 11.0. The van der Waals surface area contributed by atoms with Crippen molar-refractivity contribution >= 4 is 50.4 Å². The lowest BCUT2D eigenvalue weighted by atomic mass is 9.83. The maximum Gasteiger partial charge on any atom is 0.340 e. The Morgan fingerprint density at radius 3 is 2.49 bits per heavy atom. The number of hydrogen-bond acceptors (Lipinski definition) is 9. The van der Waals surface area contributed by atoms with Crippen LogP contribution in [0.15, 0.2) is 77.3 Å². The molecule has 1 heterocycles. The van der Waals surface area contributed by atoms with Gasteiger partial charge in [-0.3, -0.25) is 19.6 Å². The van der Waals surface area contributed by atoms with Gasteiger partial charge in [0.15, 0.2) is 12.4 Å². The number of likely N-dealkylation sites (N-methyl/N-ethyl adjacent to an activating group) is 1. The number of carbonyl (C=O) groups excluding carboxylic acids is 2. The van der Waals surface area contributed by atoms with Crippen LogP contribution >= 0.6 is 11.6 Å². The zero-order chi connectivity index (χ0) is 30.1. The van der Waals surface area contributed by atoms with Crippen molar-refractivity contribution < 1.29 is 32.4 Å². The standard InChI is InChI=1S/C28H26ClN3O8S/c1-28(2)21-7-5-6-8-24(21)31(3)26(28)14-18(33)16-40-27(34)20-15-19(10-11-22(20)29)41(37,38)30-23-13-17(32(35)36)9-12-25(23)39-4/h5-15,30H,16H2,1-4H3. The molecule has 3 aromatic carbocycles. The lowest BCUT2D eigenvalue weighted by Gasteiger charge is -2.23. The van der Waals surface area contributed by atoms with Crippen molar-refractivity contribution in [2.24, 2.45) is 0 Å². The molecule has 0 fully saturated rings. The second-order valence-electron chi connectivity index (χ2n) is 9.66. The van der Waals surface area contributed by atoms with Crippen LogP contribution in [0, 0.1) is 10.1 Å². The molecule has 1 aliphatic rings. The summed E-state index contributed by atoms with van der Waals surface area (Å²) in [6.07, 6.45) is 1.42. The first-order chi connectivity index (χ1) is 19.3. The van der Waals surface area contributed by atoms with Gasteiger partial charge in [-0.2, -0.15) is 0 Å². The average Bonchev–Trinajstić information content (AvgIpc) is 3.12. The highest BCUT2D eigenvalue weighted by Crippen LogP contribution is 2.46. The van der Waals surface area contributed by atoms with E-state index in [0.717, 1.165) is 41.2 Å². The van der Waals surface area contributed by atoms with Gasteiger partial charge in [0.05, 0.1) is 33.2 Å². The molecule has 0 saturated carbocycles. The van der Waals surface area contributed by atoms with Crippen LogP contribution in [0.5, 0.6) is 5.75 Å². The number of non-ortho nitro benzene ring substituents is 1. The molecule has 13 heteroatoms. The van der Waals surface area contributed by atoms with Gasteiger partial charge in [0.2, 0.25) is 0 Å². The number of methoxy groups -OCH3 is 1. The number of nitro benzene ring substituents is 1. The minimum Gasteiger partial charge on any atom is -0.495 e. The monoisotopic (exact) mass is 599 g/mol. The summed E-state index contributed by atoms with van der Waals surface area (Å²) in [5.74, 6) is -1.44. The van der Waals surface area contributed by atoms with E-state index in [2.05, 4.69) is 4.72 Å². The minimum atomic E-state index is -4.35. The molecule has 0 amide bonds. The molecule has 1 N–H and O–H groups in total. The smallest absolute Gasteiger partial charge is 0.340 e. The summed E-state index contributed by atoms with van der Waals surface area (Å²) >= 11 is 6.15. The average molecular weight is 600 g/mol. The molecule has 3 aromatic rings. The maximum absolute atomic E-state index is 13.1. The second kappa shape index (κ2) is 11.2. The van der Waals surface area contributed by atoms with Gasteiger partial charge in [-0.1, -0.05) is 43.6 Å². The number of fused-ring (bicyclic) bond motifs is 1. The summed E-state index contributed by atoms with van der Waals surface area (Å²) < 4.78 is 38.7. The third-order valence-electron chi connectivity index (χ3n) is 6.69. The van der Waals surface area contributed by atoms with Crippen molar-refractivity contribution in [3.8, 4) is 5.75 Å². The highest BCUT2D eigenvalue weighted by molar-refractivity contribution is 7.92. The molecule has 0 unspecified atom stereocenters. The second-order valence-corrected chi connectivity index (χ2v) is 11.8. The van der Waals surface area contributed by atoms with Crippen LogP contribution in [-0.2, 0) is 25.0 Å². The zero-order valence-electron chi connectivity index (χ0n) is 22.5. The van der Waals surface area contributed by atoms with E-state index in [1.807, 2.05) is 50.1 Å². The molecular weight excluding hydrogens is 574 g/mol. The minimum absolute atomic E-state index is 0.0413. The zero-order valence-corrected chi connectivity index (χ0v) is 24.1. The van der Waals surface area contributed by atoms with E-state index in [0.29, 0.717) is 0 Å². The number of nitro groups is 1. The van der Waals surface area contributed by atoms with Crippen LogP contribution < -0.4 is 14.4 Å². The van der Waals surface area contributed by atoms with Crippen molar-refractivity contribution in [3.63, 3.8) is 0 Å². The number of nitrogens with one attached hydrogen (secondary N) is 1. The molecule has 1 aliphatic heterocycles. The lowest BCUT2D eigenvalue weighted by Crippen LogP contribution is -2.25. The maximum atomic E-state index is 13.1. The lowest BCUT2D eigenvalue weighted by molar-refractivity contribution is -0.384. The topological polar surface area (TPSA) is 145 Å². The van der Waals surface area contributed by atoms with Crippen LogP contribution in [0.25, 0.3) is 0 Å². The molecule has 0 spiro atoms. The number of esters is 1. The fraction of sp³-hybridized carbons (Fsp3) is 0.214. The van der Waals surface area contributed by atoms with E-state index in [1.54, 1.807) is 0 Å². The van der Waals surface area contributed by atoms with Crippen molar-refractivity contribution in [1.82, 2.24) is 0 Å². The van der Waals surface area contributed by atoms with Gasteiger partial charge in [-0.15, -0.1) is 0 Å². The number of ketones is 1. The van der Waals surface area contributed by atoms with Gasteiger partial charge in [-0.25, -0.2) is 13.2 Å². The largest absolute Gasteiger partial charge is 0.495 e. The number of hydrogen-bond donors (Lipinski definition) is 1. The summed E-state index contributed by atoms with van der Waals surface area (Å²) in [6.45, 7) is 3.38. The Morgan fingerprint density at radius 1 is 1.12 bits per heavy atom. The molecule has 11 nitrogen and oxygen atoms in total.